The number of nitrogen functional groups attached to an aromatic ring is 1. The van der Waals surface area contributed by atoms with Crippen LogP contribution >= 0.6 is 11.3 Å². The minimum atomic E-state index is -0.438. The van der Waals surface area contributed by atoms with Gasteiger partial charge in [-0.05, 0) is 29.8 Å². The van der Waals surface area contributed by atoms with E-state index in [0.717, 1.165) is 28.0 Å². The summed E-state index contributed by atoms with van der Waals surface area (Å²) in [6, 6.07) is 21.0. The number of esters is 1. The number of thiophene rings is 1. The van der Waals surface area contributed by atoms with Crippen LogP contribution in [0.25, 0.3) is 21.5 Å². The molecule has 0 aliphatic carbocycles. The summed E-state index contributed by atoms with van der Waals surface area (Å²) in [7, 11) is 1.63. The first-order chi connectivity index (χ1) is 13.7. The highest BCUT2D eigenvalue weighted by molar-refractivity contribution is 7.21. The van der Waals surface area contributed by atoms with E-state index in [4.69, 9.17) is 15.2 Å². The second kappa shape index (κ2) is 7.70. The zero-order valence-electron chi connectivity index (χ0n) is 15.2. The Hall–Kier alpha value is -3.38. The van der Waals surface area contributed by atoms with E-state index in [1.54, 1.807) is 7.11 Å². The number of hydrogen-bond acceptors (Lipinski definition) is 6. The van der Waals surface area contributed by atoms with Gasteiger partial charge in [-0.1, -0.05) is 42.5 Å². The number of fused-ring (bicyclic) bond motifs is 1. The average Bonchev–Trinajstić information content (AvgIpc) is 3.09. The Kier molecular flexibility index (Phi) is 4.95. The Morgan fingerprint density at radius 1 is 1.07 bits per heavy atom. The molecule has 0 aliphatic heterocycles. The fourth-order valence-corrected chi connectivity index (χ4v) is 3.87. The lowest BCUT2D eigenvalue weighted by Crippen LogP contribution is -2.05. The molecular weight excluding hydrogens is 372 g/mol. The molecule has 2 N–H and O–H groups in total. The largest absolute Gasteiger partial charge is 0.497 e. The van der Waals surface area contributed by atoms with Crippen LogP contribution in [0, 0.1) is 0 Å². The standard InChI is InChI=1S/C22H18N2O3S/c1-26-16-9-5-8-15(12-16)18-11-10-17-19(23)20(28-21(17)24-18)22(25)27-13-14-6-3-2-4-7-14/h2-12H,13,23H2,1H3. The smallest absolute Gasteiger partial charge is 0.350 e. The first-order valence-electron chi connectivity index (χ1n) is 8.70. The van der Waals surface area contributed by atoms with Gasteiger partial charge >= 0.3 is 5.97 Å². The zero-order chi connectivity index (χ0) is 19.5. The molecule has 0 aliphatic rings. The number of carbonyl (C=O) groups excluding carboxylic acids is 1. The molecule has 0 saturated carbocycles. The van der Waals surface area contributed by atoms with Crippen molar-refractivity contribution in [3.63, 3.8) is 0 Å². The zero-order valence-corrected chi connectivity index (χ0v) is 16.0. The number of benzene rings is 2. The molecule has 0 radical (unpaired) electrons. The van der Waals surface area contributed by atoms with E-state index in [-0.39, 0.29) is 6.61 Å². The first-order valence-corrected chi connectivity index (χ1v) is 9.52. The summed E-state index contributed by atoms with van der Waals surface area (Å²) in [5.74, 6) is 0.322. The number of rotatable bonds is 5. The lowest BCUT2D eigenvalue weighted by Gasteiger charge is -2.04. The monoisotopic (exact) mass is 390 g/mol. The van der Waals surface area contributed by atoms with Crippen LogP contribution in [0.2, 0.25) is 0 Å². The second-order valence-corrected chi connectivity index (χ2v) is 7.19. The van der Waals surface area contributed by atoms with E-state index in [1.165, 1.54) is 11.3 Å². The second-order valence-electron chi connectivity index (χ2n) is 6.19. The third-order valence-electron chi connectivity index (χ3n) is 4.36. The summed E-state index contributed by atoms with van der Waals surface area (Å²) in [6.45, 7) is 0.204. The summed E-state index contributed by atoms with van der Waals surface area (Å²) in [5, 5.41) is 0.753. The molecule has 0 unspecified atom stereocenters. The minimum absolute atomic E-state index is 0.204. The normalized spacial score (nSPS) is 10.8. The molecule has 4 rings (SSSR count). The number of nitrogens with two attached hydrogens (primary N) is 1. The molecule has 2 heterocycles. The lowest BCUT2D eigenvalue weighted by molar-refractivity contribution is 0.0480. The maximum atomic E-state index is 12.5. The molecule has 2 aromatic heterocycles. The van der Waals surface area contributed by atoms with Crippen molar-refractivity contribution < 1.29 is 14.3 Å². The van der Waals surface area contributed by atoms with Crippen LogP contribution in [-0.4, -0.2) is 18.1 Å². The molecule has 0 spiro atoms. The first kappa shape index (κ1) is 18.0. The van der Waals surface area contributed by atoms with Crippen molar-refractivity contribution in [2.45, 2.75) is 6.61 Å². The Morgan fingerprint density at radius 3 is 2.68 bits per heavy atom. The van der Waals surface area contributed by atoms with E-state index < -0.39 is 5.97 Å². The quantitative estimate of drug-likeness (QED) is 0.490. The molecule has 6 heteroatoms. The minimum Gasteiger partial charge on any atom is -0.497 e. The number of aromatic nitrogens is 1. The summed E-state index contributed by atoms with van der Waals surface area (Å²) < 4.78 is 10.7. The van der Waals surface area contributed by atoms with Crippen LogP contribution in [0.1, 0.15) is 15.2 Å². The lowest BCUT2D eigenvalue weighted by atomic mass is 10.1. The van der Waals surface area contributed by atoms with Crippen molar-refractivity contribution in [2.75, 3.05) is 12.8 Å². The molecule has 28 heavy (non-hydrogen) atoms. The number of pyridine rings is 1. The van der Waals surface area contributed by atoms with Gasteiger partial charge in [0.1, 0.15) is 22.1 Å². The SMILES string of the molecule is COc1cccc(-c2ccc3c(N)c(C(=O)OCc4ccccc4)sc3n2)c1. The average molecular weight is 390 g/mol. The highest BCUT2D eigenvalue weighted by Crippen LogP contribution is 2.35. The van der Waals surface area contributed by atoms with Gasteiger partial charge in [0.05, 0.1) is 18.5 Å². The molecule has 0 fully saturated rings. The molecule has 5 nitrogen and oxygen atoms in total. The summed E-state index contributed by atoms with van der Waals surface area (Å²) >= 11 is 1.24. The highest BCUT2D eigenvalue weighted by Gasteiger charge is 2.19. The predicted molar refractivity (Wildman–Crippen MR) is 112 cm³/mol. The van der Waals surface area contributed by atoms with Gasteiger partial charge in [-0.2, -0.15) is 0 Å². The summed E-state index contributed by atoms with van der Waals surface area (Å²) in [6.07, 6.45) is 0. The molecule has 0 bridgehead atoms. The Balaban J connectivity index is 1.61. The van der Waals surface area contributed by atoms with Gasteiger partial charge in [0.25, 0.3) is 0 Å². The predicted octanol–water partition coefficient (Wildman–Crippen LogP) is 4.91. The molecule has 0 atom stereocenters. The van der Waals surface area contributed by atoms with E-state index in [0.29, 0.717) is 15.4 Å². The van der Waals surface area contributed by atoms with Gasteiger partial charge in [-0.15, -0.1) is 11.3 Å². The molecule has 140 valence electrons. The highest BCUT2D eigenvalue weighted by atomic mass is 32.1. The van der Waals surface area contributed by atoms with E-state index in [9.17, 15) is 4.79 Å². The fraction of sp³-hybridized carbons (Fsp3) is 0.0909. The van der Waals surface area contributed by atoms with Crippen LogP contribution in [0.5, 0.6) is 5.75 Å². The van der Waals surface area contributed by atoms with Gasteiger partial charge in [-0.3, -0.25) is 0 Å². The van der Waals surface area contributed by atoms with Crippen molar-refractivity contribution in [1.29, 1.82) is 0 Å². The van der Waals surface area contributed by atoms with Gasteiger partial charge in [0, 0.05) is 10.9 Å². The van der Waals surface area contributed by atoms with Crippen molar-refractivity contribution in [3.05, 3.63) is 77.2 Å². The van der Waals surface area contributed by atoms with Gasteiger partial charge in [-0.25, -0.2) is 9.78 Å². The molecule has 0 saturated heterocycles. The van der Waals surface area contributed by atoms with Crippen molar-refractivity contribution in [1.82, 2.24) is 4.98 Å². The van der Waals surface area contributed by atoms with Crippen LogP contribution in [-0.2, 0) is 11.3 Å². The third-order valence-corrected chi connectivity index (χ3v) is 5.45. The van der Waals surface area contributed by atoms with E-state index in [1.807, 2.05) is 66.7 Å². The van der Waals surface area contributed by atoms with Crippen molar-refractivity contribution in [3.8, 4) is 17.0 Å². The number of anilines is 1. The van der Waals surface area contributed by atoms with Crippen molar-refractivity contribution in [2.24, 2.45) is 0 Å². The number of carbonyl (C=O) groups is 1. The molecule has 2 aromatic carbocycles. The van der Waals surface area contributed by atoms with Gasteiger partial charge < -0.3 is 15.2 Å². The topological polar surface area (TPSA) is 74.4 Å². The van der Waals surface area contributed by atoms with Crippen LogP contribution in [0.3, 0.4) is 0 Å². The maximum Gasteiger partial charge on any atom is 0.350 e. The fourth-order valence-electron chi connectivity index (χ4n) is 2.88. The van der Waals surface area contributed by atoms with Gasteiger partial charge in [0.15, 0.2) is 0 Å². The number of methoxy groups -OCH3 is 1. The molecule has 4 aromatic rings. The number of ether oxygens (including phenoxy) is 2. The Labute approximate surface area is 166 Å². The summed E-state index contributed by atoms with van der Waals surface area (Å²) in [4.78, 5) is 18.3. The molecule has 0 amide bonds. The van der Waals surface area contributed by atoms with Crippen LogP contribution in [0.4, 0.5) is 5.69 Å². The molecular formula is C22H18N2O3S. The van der Waals surface area contributed by atoms with Gasteiger partial charge in [0.2, 0.25) is 0 Å². The van der Waals surface area contributed by atoms with E-state index in [2.05, 4.69) is 4.98 Å². The number of hydrogen-bond donors (Lipinski definition) is 1. The maximum absolute atomic E-state index is 12.5. The number of nitrogens with zero attached hydrogens (tertiary/aromatic N) is 1. The summed E-state index contributed by atoms with van der Waals surface area (Å²) in [5.41, 5.74) is 9.24. The third kappa shape index (κ3) is 3.54. The van der Waals surface area contributed by atoms with Crippen LogP contribution < -0.4 is 10.5 Å². The van der Waals surface area contributed by atoms with Crippen LogP contribution in [0.15, 0.2) is 66.7 Å². The van der Waals surface area contributed by atoms with Crippen molar-refractivity contribution >= 4 is 33.2 Å². The Morgan fingerprint density at radius 2 is 1.89 bits per heavy atom. The Bertz CT molecular complexity index is 1140. The van der Waals surface area contributed by atoms with E-state index >= 15 is 0 Å².